The molecule has 1 aromatic rings. The largest absolute Gasteiger partial charge is 0.397 e. The number of anilines is 1. The van der Waals surface area contributed by atoms with Crippen molar-refractivity contribution in [2.24, 2.45) is 0 Å². The van der Waals surface area contributed by atoms with Gasteiger partial charge in [-0.25, -0.2) is 0 Å². The maximum absolute atomic E-state index is 5.55. The van der Waals surface area contributed by atoms with Gasteiger partial charge in [0.2, 0.25) is 0 Å². The molecule has 10 heavy (non-hydrogen) atoms. The van der Waals surface area contributed by atoms with Crippen LogP contribution in [0, 0.1) is 12.3 Å². The minimum Gasteiger partial charge on any atom is -0.397 e. The number of terminal acetylenes is 1. The smallest absolute Gasteiger partial charge is 0.0751 e. The fourth-order valence-electron chi connectivity index (χ4n) is 0.695. The van der Waals surface area contributed by atoms with E-state index in [-0.39, 0.29) is 0 Å². The van der Waals surface area contributed by atoms with Crippen molar-refractivity contribution in [3.05, 3.63) is 24.0 Å². The van der Waals surface area contributed by atoms with Gasteiger partial charge in [0.25, 0.3) is 0 Å². The molecule has 1 aromatic heterocycles. The van der Waals surface area contributed by atoms with Crippen LogP contribution in [0.2, 0.25) is 0 Å². The van der Waals surface area contributed by atoms with E-state index in [0.717, 1.165) is 5.69 Å². The fraction of sp³-hybridized carbons (Fsp3) is 0.125. The number of hydrogen-bond acceptors (Lipinski definition) is 2. The molecule has 0 spiro atoms. The van der Waals surface area contributed by atoms with Crippen molar-refractivity contribution >= 4 is 5.69 Å². The van der Waals surface area contributed by atoms with Crippen LogP contribution in [0.1, 0.15) is 5.69 Å². The van der Waals surface area contributed by atoms with Crippen molar-refractivity contribution in [2.75, 3.05) is 5.73 Å². The number of pyridine rings is 1. The summed E-state index contributed by atoms with van der Waals surface area (Å²) in [6.07, 6.45) is 7.27. The predicted molar refractivity (Wildman–Crippen MR) is 41.2 cm³/mol. The second-order valence-corrected chi connectivity index (χ2v) is 1.92. The monoisotopic (exact) mass is 132 g/mol. The quantitative estimate of drug-likeness (QED) is 0.575. The molecule has 50 valence electrons. The first-order valence-electron chi connectivity index (χ1n) is 2.97. The van der Waals surface area contributed by atoms with Crippen LogP contribution in [0.4, 0.5) is 5.69 Å². The van der Waals surface area contributed by atoms with Gasteiger partial charge in [0.05, 0.1) is 17.8 Å². The van der Waals surface area contributed by atoms with Crippen molar-refractivity contribution < 1.29 is 0 Å². The van der Waals surface area contributed by atoms with Gasteiger partial charge < -0.3 is 5.73 Å². The molecule has 0 saturated heterocycles. The highest BCUT2D eigenvalue weighted by molar-refractivity contribution is 5.43. The summed E-state index contributed by atoms with van der Waals surface area (Å²) < 4.78 is 0. The second-order valence-electron chi connectivity index (χ2n) is 1.92. The molecule has 0 aliphatic heterocycles. The molecular formula is C8H8N2. The summed E-state index contributed by atoms with van der Waals surface area (Å²) in [5, 5.41) is 0. The molecule has 0 amide bonds. The number of aromatic nitrogens is 1. The lowest BCUT2D eigenvalue weighted by Crippen LogP contribution is -1.95. The third-order valence-corrected chi connectivity index (χ3v) is 1.19. The Bertz CT molecular complexity index is 260. The van der Waals surface area contributed by atoms with Crippen LogP contribution in [0.15, 0.2) is 18.3 Å². The lowest BCUT2D eigenvalue weighted by atomic mass is 10.2. The third kappa shape index (κ3) is 1.26. The summed E-state index contributed by atoms with van der Waals surface area (Å²) in [4.78, 5) is 4.00. The molecule has 0 fully saturated rings. The third-order valence-electron chi connectivity index (χ3n) is 1.19. The SMILES string of the molecule is C#CCc1ncccc1N. The zero-order chi connectivity index (χ0) is 7.40. The van der Waals surface area contributed by atoms with Gasteiger partial charge in [-0.15, -0.1) is 12.3 Å². The number of hydrogen-bond donors (Lipinski definition) is 1. The molecule has 0 bridgehead atoms. The van der Waals surface area contributed by atoms with Crippen LogP contribution in [0.3, 0.4) is 0 Å². The molecule has 0 atom stereocenters. The van der Waals surface area contributed by atoms with E-state index in [1.165, 1.54) is 0 Å². The van der Waals surface area contributed by atoms with Crippen LogP contribution in [0.25, 0.3) is 0 Å². The first-order chi connectivity index (χ1) is 4.84. The minimum atomic E-state index is 0.507. The van der Waals surface area contributed by atoms with Crippen LogP contribution in [0.5, 0.6) is 0 Å². The zero-order valence-corrected chi connectivity index (χ0v) is 5.54. The molecule has 2 nitrogen and oxygen atoms in total. The Morgan fingerprint density at radius 3 is 3.10 bits per heavy atom. The Morgan fingerprint density at radius 2 is 2.50 bits per heavy atom. The zero-order valence-electron chi connectivity index (χ0n) is 5.54. The Kier molecular flexibility index (Phi) is 1.91. The molecule has 1 heterocycles. The average molecular weight is 132 g/mol. The van der Waals surface area contributed by atoms with Gasteiger partial charge in [0, 0.05) is 6.20 Å². The summed E-state index contributed by atoms with van der Waals surface area (Å²) in [7, 11) is 0. The van der Waals surface area contributed by atoms with Crippen molar-refractivity contribution in [3.63, 3.8) is 0 Å². The van der Waals surface area contributed by atoms with Crippen molar-refractivity contribution in [3.8, 4) is 12.3 Å². The number of nitrogen functional groups attached to an aromatic ring is 1. The summed E-state index contributed by atoms with van der Waals surface area (Å²) in [6, 6.07) is 3.58. The summed E-state index contributed by atoms with van der Waals surface area (Å²) in [5.41, 5.74) is 7.00. The normalized spacial score (nSPS) is 8.70. The molecule has 0 radical (unpaired) electrons. The number of rotatable bonds is 1. The lowest BCUT2D eigenvalue weighted by molar-refractivity contribution is 1.14. The van der Waals surface area contributed by atoms with E-state index in [9.17, 15) is 0 Å². The Labute approximate surface area is 60.1 Å². The van der Waals surface area contributed by atoms with E-state index in [0.29, 0.717) is 12.1 Å². The maximum Gasteiger partial charge on any atom is 0.0751 e. The molecule has 2 N–H and O–H groups in total. The molecule has 1 rings (SSSR count). The van der Waals surface area contributed by atoms with Crippen LogP contribution in [-0.4, -0.2) is 4.98 Å². The van der Waals surface area contributed by atoms with Gasteiger partial charge in [0.1, 0.15) is 0 Å². The molecular weight excluding hydrogens is 124 g/mol. The molecule has 0 saturated carbocycles. The van der Waals surface area contributed by atoms with Gasteiger partial charge in [-0.3, -0.25) is 4.98 Å². The Balaban J connectivity index is 2.94. The van der Waals surface area contributed by atoms with Gasteiger partial charge >= 0.3 is 0 Å². The highest BCUT2D eigenvalue weighted by atomic mass is 14.7. The van der Waals surface area contributed by atoms with Crippen LogP contribution in [-0.2, 0) is 6.42 Å². The van der Waals surface area contributed by atoms with E-state index in [2.05, 4.69) is 10.9 Å². The van der Waals surface area contributed by atoms with Crippen LogP contribution >= 0.6 is 0 Å². The first-order valence-corrected chi connectivity index (χ1v) is 2.97. The topological polar surface area (TPSA) is 38.9 Å². The molecule has 0 aliphatic rings. The Morgan fingerprint density at radius 1 is 1.70 bits per heavy atom. The van der Waals surface area contributed by atoms with Crippen molar-refractivity contribution in [1.29, 1.82) is 0 Å². The van der Waals surface area contributed by atoms with E-state index < -0.39 is 0 Å². The Hall–Kier alpha value is -1.49. The van der Waals surface area contributed by atoms with Crippen molar-refractivity contribution in [2.45, 2.75) is 6.42 Å². The van der Waals surface area contributed by atoms with Gasteiger partial charge in [-0.05, 0) is 12.1 Å². The molecule has 0 aromatic carbocycles. The lowest BCUT2D eigenvalue weighted by Gasteiger charge is -1.96. The van der Waals surface area contributed by atoms with Crippen LogP contribution < -0.4 is 5.73 Å². The maximum atomic E-state index is 5.55. The van der Waals surface area contributed by atoms with E-state index in [1.54, 1.807) is 18.3 Å². The summed E-state index contributed by atoms with van der Waals surface area (Å²) >= 11 is 0. The van der Waals surface area contributed by atoms with E-state index in [1.807, 2.05) is 0 Å². The van der Waals surface area contributed by atoms with E-state index >= 15 is 0 Å². The summed E-state index contributed by atoms with van der Waals surface area (Å²) in [5.74, 6) is 2.48. The molecule has 0 unspecified atom stereocenters. The first kappa shape index (κ1) is 6.63. The van der Waals surface area contributed by atoms with Gasteiger partial charge in [-0.1, -0.05) is 0 Å². The molecule has 0 aliphatic carbocycles. The summed E-state index contributed by atoms with van der Waals surface area (Å²) in [6.45, 7) is 0. The van der Waals surface area contributed by atoms with Gasteiger partial charge in [-0.2, -0.15) is 0 Å². The fourth-order valence-corrected chi connectivity index (χ4v) is 0.695. The van der Waals surface area contributed by atoms with Gasteiger partial charge in [0.15, 0.2) is 0 Å². The average Bonchev–Trinajstić information content (AvgIpc) is 1.94. The second kappa shape index (κ2) is 2.88. The number of nitrogens with zero attached hydrogens (tertiary/aromatic N) is 1. The number of nitrogens with two attached hydrogens (primary N) is 1. The van der Waals surface area contributed by atoms with E-state index in [4.69, 9.17) is 12.2 Å². The van der Waals surface area contributed by atoms with Crippen molar-refractivity contribution in [1.82, 2.24) is 4.98 Å². The predicted octanol–water partition coefficient (Wildman–Crippen LogP) is 0.839. The highest BCUT2D eigenvalue weighted by Gasteiger charge is 1.94. The standard InChI is InChI=1S/C8H8N2/c1-2-4-8-7(9)5-3-6-10-8/h1,3,5-6H,4,9H2. The minimum absolute atomic E-state index is 0.507. The molecule has 2 heteroatoms. The highest BCUT2D eigenvalue weighted by Crippen LogP contribution is 2.05.